The lowest BCUT2D eigenvalue weighted by Crippen LogP contribution is -2.35. The maximum atomic E-state index is 12.3. The van der Waals surface area contributed by atoms with E-state index in [1.807, 2.05) is 26.4 Å². The first-order valence-corrected chi connectivity index (χ1v) is 6.94. The topological polar surface area (TPSA) is 51.3 Å². The van der Waals surface area contributed by atoms with E-state index in [0.717, 1.165) is 31.8 Å². The molecule has 3 heterocycles. The Morgan fingerprint density at radius 1 is 1.60 bits per heavy atom. The molecule has 5 nitrogen and oxygen atoms in total. The van der Waals surface area contributed by atoms with Gasteiger partial charge < -0.3 is 13.9 Å². The third-order valence-electron chi connectivity index (χ3n) is 4.00. The van der Waals surface area contributed by atoms with E-state index in [2.05, 4.69) is 9.55 Å². The van der Waals surface area contributed by atoms with Crippen molar-refractivity contribution in [1.82, 2.24) is 14.5 Å². The minimum Gasteiger partial charge on any atom is -0.469 e. The first-order chi connectivity index (χ1) is 9.65. The van der Waals surface area contributed by atoms with Crippen LogP contribution in [0.2, 0.25) is 0 Å². The molecule has 5 heteroatoms. The molecule has 0 fully saturated rings. The zero-order valence-electron chi connectivity index (χ0n) is 11.9. The van der Waals surface area contributed by atoms with Gasteiger partial charge in [-0.05, 0) is 25.3 Å². The van der Waals surface area contributed by atoms with Crippen LogP contribution in [-0.2, 0) is 13.0 Å². The fourth-order valence-corrected chi connectivity index (χ4v) is 2.87. The Morgan fingerprint density at radius 2 is 2.45 bits per heavy atom. The number of rotatable bonds is 3. The van der Waals surface area contributed by atoms with E-state index >= 15 is 0 Å². The van der Waals surface area contributed by atoms with Gasteiger partial charge in [0.25, 0.3) is 5.91 Å². The normalized spacial score (nSPS) is 17.8. The quantitative estimate of drug-likeness (QED) is 0.860. The molecule has 0 radical (unpaired) electrons. The summed E-state index contributed by atoms with van der Waals surface area (Å²) in [7, 11) is 1.86. The maximum absolute atomic E-state index is 12.3. The Kier molecular flexibility index (Phi) is 3.34. The van der Waals surface area contributed by atoms with Crippen molar-refractivity contribution in [3.63, 3.8) is 0 Å². The van der Waals surface area contributed by atoms with Gasteiger partial charge in [-0.15, -0.1) is 0 Å². The predicted molar refractivity (Wildman–Crippen MR) is 74.4 cm³/mol. The summed E-state index contributed by atoms with van der Waals surface area (Å²) in [5, 5.41) is 0. The van der Waals surface area contributed by atoms with Gasteiger partial charge in [-0.25, -0.2) is 4.98 Å². The molecule has 0 aromatic carbocycles. The number of aromatic nitrogens is 2. The van der Waals surface area contributed by atoms with Crippen LogP contribution in [0.25, 0.3) is 0 Å². The fraction of sp³-hybridized carbons (Fsp3) is 0.467. The molecule has 0 bridgehead atoms. The monoisotopic (exact) mass is 273 g/mol. The molecule has 106 valence electrons. The van der Waals surface area contributed by atoms with Gasteiger partial charge in [0.05, 0.1) is 11.8 Å². The third-order valence-corrected chi connectivity index (χ3v) is 4.00. The van der Waals surface area contributed by atoms with E-state index in [4.69, 9.17) is 4.42 Å². The van der Waals surface area contributed by atoms with Crippen molar-refractivity contribution in [2.24, 2.45) is 5.92 Å². The fourth-order valence-electron chi connectivity index (χ4n) is 2.87. The van der Waals surface area contributed by atoms with E-state index in [9.17, 15) is 4.79 Å². The van der Waals surface area contributed by atoms with E-state index in [0.29, 0.717) is 17.2 Å². The summed E-state index contributed by atoms with van der Waals surface area (Å²) >= 11 is 0. The lowest BCUT2D eigenvalue weighted by molar-refractivity contribution is 0.0759. The van der Waals surface area contributed by atoms with Crippen molar-refractivity contribution in [2.75, 3.05) is 13.6 Å². The van der Waals surface area contributed by atoms with Crippen LogP contribution in [0.3, 0.4) is 0 Å². The zero-order chi connectivity index (χ0) is 14.1. The van der Waals surface area contributed by atoms with Gasteiger partial charge in [-0.2, -0.15) is 0 Å². The number of nitrogens with zero attached hydrogens (tertiary/aromatic N) is 3. The van der Waals surface area contributed by atoms with Crippen LogP contribution in [0.4, 0.5) is 0 Å². The molecule has 0 saturated heterocycles. The van der Waals surface area contributed by atoms with Gasteiger partial charge in [0, 0.05) is 39.0 Å². The number of fused-ring (bicyclic) bond motifs is 1. The number of carbonyl (C=O) groups excluding carboxylic acids is 1. The van der Waals surface area contributed by atoms with Crippen LogP contribution < -0.4 is 0 Å². The molecule has 1 aliphatic heterocycles. The molecule has 3 rings (SSSR count). The largest absolute Gasteiger partial charge is 0.469 e. The highest BCUT2D eigenvalue weighted by Gasteiger charge is 2.23. The van der Waals surface area contributed by atoms with E-state index in [1.54, 1.807) is 17.2 Å². The molecule has 1 aliphatic rings. The van der Waals surface area contributed by atoms with Crippen molar-refractivity contribution >= 4 is 5.91 Å². The lowest BCUT2D eigenvalue weighted by atomic mass is 9.98. The molecule has 1 amide bonds. The van der Waals surface area contributed by atoms with Crippen molar-refractivity contribution in [3.8, 4) is 0 Å². The number of amides is 1. The van der Waals surface area contributed by atoms with Gasteiger partial charge in [-0.1, -0.05) is 0 Å². The molecular weight excluding hydrogens is 254 g/mol. The van der Waals surface area contributed by atoms with Crippen molar-refractivity contribution in [2.45, 2.75) is 26.3 Å². The van der Waals surface area contributed by atoms with Gasteiger partial charge in [0.2, 0.25) is 0 Å². The number of hydrogen-bond acceptors (Lipinski definition) is 3. The van der Waals surface area contributed by atoms with Gasteiger partial charge in [-0.3, -0.25) is 4.79 Å². The summed E-state index contributed by atoms with van der Waals surface area (Å²) in [6, 6.07) is 1.74. The Balaban J connectivity index is 1.64. The summed E-state index contributed by atoms with van der Waals surface area (Å²) in [5.74, 6) is 2.36. The van der Waals surface area contributed by atoms with Crippen LogP contribution in [0.1, 0.15) is 28.4 Å². The smallest absolute Gasteiger partial charge is 0.257 e. The van der Waals surface area contributed by atoms with E-state index in [1.165, 1.54) is 0 Å². The van der Waals surface area contributed by atoms with Crippen LogP contribution in [0, 0.1) is 12.8 Å². The Labute approximate surface area is 118 Å². The van der Waals surface area contributed by atoms with Crippen LogP contribution in [-0.4, -0.2) is 34.0 Å². The van der Waals surface area contributed by atoms with Crippen molar-refractivity contribution < 1.29 is 9.21 Å². The standard InChI is InChI=1S/C15H19N3O2/c1-11-13(5-8-20-11)15(19)17(2)9-12-3-4-14-16-6-7-18(14)10-12/h5-8,12H,3-4,9-10H2,1-2H3. The summed E-state index contributed by atoms with van der Waals surface area (Å²) in [5.41, 5.74) is 0.659. The highest BCUT2D eigenvalue weighted by Crippen LogP contribution is 2.20. The second-order valence-corrected chi connectivity index (χ2v) is 5.48. The molecular formula is C15H19N3O2. The lowest BCUT2D eigenvalue weighted by Gasteiger charge is -2.28. The van der Waals surface area contributed by atoms with Crippen molar-refractivity contribution in [3.05, 3.63) is 41.9 Å². The summed E-state index contributed by atoms with van der Waals surface area (Å²) in [6.07, 6.45) is 7.50. The number of imidazole rings is 1. The summed E-state index contributed by atoms with van der Waals surface area (Å²) in [4.78, 5) is 18.5. The third kappa shape index (κ3) is 2.35. The van der Waals surface area contributed by atoms with Gasteiger partial charge in [0.15, 0.2) is 0 Å². The number of aryl methyl sites for hydroxylation is 2. The van der Waals surface area contributed by atoms with Crippen LogP contribution >= 0.6 is 0 Å². The Morgan fingerprint density at radius 3 is 3.20 bits per heavy atom. The summed E-state index contributed by atoms with van der Waals surface area (Å²) in [6.45, 7) is 3.53. The molecule has 0 saturated carbocycles. The molecule has 1 atom stereocenters. The SMILES string of the molecule is Cc1occc1C(=O)N(C)CC1CCc2nccn2C1. The number of carbonyl (C=O) groups is 1. The predicted octanol–water partition coefficient (Wildman–Crippen LogP) is 2.12. The van der Waals surface area contributed by atoms with Gasteiger partial charge >= 0.3 is 0 Å². The second-order valence-electron chi connectivity index (χ2n) is 5.48. The minimum atomic E-state index is 0.0349. The molecule has 2 aromatic heterocycles. The number of hydrogen-bond donors (Lipinski definition) is 0. The molecule has 2 aromatic rings. The van der Waals surface area contributed by atoms with Gasteiger partial charge in [0.1, 0.15) is 11.6 Å². The second kappa shape index (κ2) is 5.15. The zero-order valence-corrected chi connectivity index (χ0v) is 11.9. The van der Waals surface area contributed by atoms with Crippen LogP contribution in [0.15, 0.2) is 29.1 Å². The average molecular weight is 273 g/mol. The van der Waals surface area contributed by atoms with Crippen LogP contribution in [0.5, 0.6) is 0 Å². The Bertz CT molecular complexity index is 614. The Hall–Kier alpha value is -2.04. The van der Waals surface area contributed by atoms with E-state index < -0.39 is 0 Å². The van der Waals surface area contributed by atoms with Crippen molar-refractivity contribution in [1.29, 1.82) is 0 Å². The highest BCUT2D eigenvalue weighted by molar-refractivity contribution is 5.94. The number of furan rings is 1. The first kappa shape index (κ1) is 13.0. The molecule has 20 heavy (non-hydrogen) atoms. The minimum absolute atomic E-state index is 0.0349. The molecule has 0 spiro atoms. The molecule has 1 unspecified atom stereocenters. The first-order valence-electron chi connectivity index (χ1n) is 6.94. The average Bonchev–Trinajstić information content (AvgIpc) is 3.05. The molecule has 0 N–H and O–H groups in total. The van der Waals surface area contributed by atoms with E-state index in [-0.39, 0.29) is 5.91 Å². The summed E-state index contributed by atoms with van der Waals surface area (Å²) < 4.78 is 7.39. The molecule has 0 aliphatic carbocycles. The maximum Gasteiger partial charge on any atom is 0.257 e. The highest BCUT2D eigenvalue weighted by atomic mass is 16.3.